The van der Waals surface area contributed by atoms with Gasteiger partial charge in [-0.15, -0.1) is 6.58 Å². The van der Waals surface area contributed by atoms with Crippen molar-refractivity contribution in [2.24, 2.45) is 5.92 Å². The second-order valence-corrected chi connectivity index (χ2v) is 6.09. The molecule has 0 atom stereocenters. The molecule has 0 spiro atoms. The molecule has 3 rings (SSSR count). The molecule has 23 heavy (non-hydrogen) atoms. The van der Waals surface area contributed by atoms with E-state index in [9.17, 15) is 4.79 Å². The lowest BCUT2D eigenvalue weighted by Crippen LogP contribution is -2.39. The molecule has 4 heteroatoms. The number of aromatic nitrogens is 2. The van der Waals surface area contributed by atoms with Gasteiger partial charge in [0.15, 0.2) is 0 Å². The molecule has 1 heterocycles. The van der Waals surface area contributed by atoms with E-state index in [0.29, 0.717) is 13.1 Å². The van der Waals surface area contributed by atoms with Crippen molar-refractivity contribution < 1.29 is 4.79 Å². The van der Waals surface area contributed by atoms with Crippen LogP contribution in [0.4, 0.5) is 0 Å². The van der Waals surface area contributed by atoms with Gasteiger partial charge in [0.25, 0.3) is 0 Å². The monoisotopic (exact) mass is 309 g/mol. The lowest BCUT2D eigenvalue weighted by atomic mass is 9.84. The quantitative estimate of drug-likeness (QED) is 0.736. The first-order valence-corrected chi connectivity index (χ1v) is 8.21. The summed E-state index contributed by atoms with van der Waals surface area (Å²) in [5.41, 5.74) is 1.23. The Hall–Kier alpha value is -2.36. The molecule has 0 saturated heterocycles. The molecule has 0 bridgehead atoms. The third kappa shape index (κ3) is 3.70. The van der Waals surface area contributed by atoms with E-state index in [1.165, 1.54) is 12.0 Å². The van der Waals surface area contributed by atoms with E-state index in [-0.39, 0.29) is 11.8 Å². The first-order valence-electron chi connectivity index (χ1n) is 8.21. The molecule has 1 aliphatic rings. The molecule has 1 amide bonds. The van der Waals surface area contributed by atoms with Crippen molar-refractivity contribution >= 4 is 5.91 Å². The van der Waals surface area contributed by atoms with E-state index >= 15 is 0 Å². The maximum absolute atomic E-state index is 12.6. The fraction of sp³-hybridized carbons (Fsp3) is 0.368. The number of hydrogen-bond acceptors (Lipinski definition) is 2. The molecule has 1 aliphatic carbocycles. The standard InChI is InChI=1S/C19H23N3O/c1-2-12-22(19(23)17-9-6-10-17)15-18-20-11-13-21(18)14-16-7-4-3-5-8-16/h2-5,7-8,11,13,17H,1,6,9-10,12,14-15H2. The van der Waals surface area contributed by atoms with Crippen molar-refractivity contribution in [1.29, 1.82) is 0 Å². The largest absolute Gasteiger partial charge is 0.331 e. The number of benzene rings is 1. The first kappa shape index (κ1) is 15.5. The van der Waals surface area contributed by atoms with Crippen molar-refractivity contribution in [3.05, 3.63) is 66.8 Å². The van der Waals surface area contributed by atoms with Gasteiger partial charge in [0.05, 0.1) is 6.54 Å². The Kier molecular flexibility index (Phi) is 4.91. The summed E-state index contributed by atoms with van der Waals surface area (Å²) in [4.78, 5) is 18.9. The van der Waals surface area contributed by atoms with Crippen molar-refractivity contribution in [2.75, 3.05) is 6.54 Å². The highest BCUT2D eigenvalue weighted by Gasteiger charge is 2.29. The highest BCUT2D eigenvalue weighted by Crippen LogP contribution is 2.28. The van der Waals surface area contributed by atoms with Gasteiger partial charge in [0, 0.05) is 31.4 Å². The smallest absolute Gasteiger partial charge is 0.226 e. The number of rotatable bonds is 7. The summed E-state index contributed by atoms with van der Waals surface area (Å²) in [5, 5.41) is 0. The Morgan fingerprint density at radius 3 is 2.78 bits per heavy atom. The number of hydrogen-bond donors (Lipinski definition) is 0. The molecule has 4 nitrogen and oxygen atoms in total. The third-order valence-electron chi connectivity index (χ3n) is 4.45. The molecule has 1 saturated carbocycles. The summed E-state index contributed by atoms with van der Waals surface area (Å²) in [6, 6.07) is 10.3. The normalized spacial score (nSPS) is 14.3. The minimum absolute atomic E-state index is 0.201. The fourth-order valence-corrected chi connectivity index (χ4v) is 2.89. The van der Waals surface area contributed by atoms with Crippen LogP contribution in [0.2, 0.25) is 0 Å². The maximum atomic E-state index is 12.6. The van der Waals surface area contributed by atoms with Crippen LogP contribution < -0.4 is 0 Å². The predicted octanol–water partition coefficient (Wildman–Crippen LogP) is 3.25. The molecule has 120 valence electrons. The highest BCUT2D eigenvalue weighted by molar-refractivity contribution is 5.79. The molecular formula is C19H23N3O. The van der Waals surface area contributed by atoms with Gasteiger partial charge in [-0.05, 0) is 18.4 Å². The summed E-state index contributed by atoms with van der Waals surface area (Å²) >= 11 is 0. The third-order valence-corrected chi connectivity index (χ3v) is 4.45. The summed E-state index contributed by atoms with van der Waals surface area (Å²) < 4.78 is 2.11. The molecule has 0 unspecified atom stereocenters. The van der Waals surface area contributed by atoms with Crippen LogP contribution >= 0.6 is 0 Å². The van der Waals surface area contributed by atoms with Crippen LogP contribution in [0, 0.1) is 5.92 Å². The van der Waals surface area contributed by atoms with Gasteiger partial charge < -0.3 is 9.47 Å². The summed E-state index contributed by atoms with van der Waals surface area (Å²) in [6.45, 7) is 5.68. The van der Waals surface area contributed by atoms with Crippen LogP contribution in [0.3, 0.4) is 0 Å². The number of imidazole rings is 1. The average molecular weight is 309 g/mol. The Balaban J connectivity index is 1.71. The van der Waals surface area contributed by atoms with Crippen molar-refractivity contribution in [1.82, 2.24) is 14.5 Å². The topological polar surface area (TPSA) is 38.1 Å². The Morgan fingerprint density at radius 1 is 1.35 bits per heavy atom. The predicted molar refractivity (Wildman–Crippen MR) is 90.7 cm³/mol. The van der Waals surface area contributed by atoms with Crippen LogP contribution in [0.5, 0.6) is 0 Å². The molecule has 0 N–H and O–H groups in total. The first-order chi connectivity index (χ1) is 11.3. The van der Waals surface area contributed by atoms with Crippen LogP contribution in [0.25, 0.3) is 0 Å². The number of carbonyl (C=O) groups is 1. The van der Waals surface area contributed by atoms with Crippen molar-refractivity contribution in [3.8, 4) is 0 Å². The maximum Gasteiger partial charge on any atom is 0.226 e. The second kappa shape index (κ2) is 7.27. The fourth-order valence-electron chi connectivity index (χ4n) is 2.89. The van der Waals surface area contributed by atoms with Gasteiger partial charge in [0.1, 0.15) is 5.82 Å². The zero-order chi connectivity index (χ0) is 16.1. The van der Waals surface area contributed by atoms with Gasteiger partial charge in [-0.3, -0.25) is 4.79 Å². The van der Waals surface area contributed by atoms with Gasteiger partial charge >= 0.3 is 0 Å². The van der Waals surface area contributed by atoms with Gasteiger partial charge in [-0.1, -0.05) is 42.8 Å². The van der Waals surface area contributed by atoms with Crippen LogP contribution in [-0.4, -0.2) is 26.9 Å². The van der Waals surface area contributed by atoms with Gasteiger partial charge in [0.2, 0.25) is 5.91 Å². The van der Waals surface area contributed by atoms with E-state index in [1.54, 1.807) is 12.3 Å². The summed E-state index contributed by atoms with van der Waals surface area (Å²) in [5.74, 6) is 1.36. The zero-order valence-electron chi connectivity index (χ0n) is 13.4. The van der Waals surface area contributed by atoms with E-state index in [0.717, 1.165) is 25.2 Å². The Bertz CT molecular complexity index is 658. The lowest BCUT2D eigenvalue weighted by Gasteiger charge is -2.31. The molecule has 0 radical (unpaired) electrons. The molecule has 1 aromatic carbocycles. The molecule has 1 aromatic heterocycles. The average Bonchev–Trinajstić information content (AvgIpc) is 2.93. The van der Waals surface area contributed by atoms with E-state index in [4.69, 9.17) is 0 Å². The minimum atomic E-state index is 0.201. The number of nitrogens with zero attached hydrogens (tertiary/aromatic N) is 3. The SMILES string of the molecule is C=CCN(Cc1nccn1Cc1ccccc1)C(=O)C1CCC1. The van der Waals surface area contributed by atoms with Crippen molar-refractivity contribution in [3.63, 3.8) is 0 Å². The minimum Gasteiger partial charge on any atom is -0.331 e. The zero-order valence-corrected chi connectivity index (χ0v) is 13.4. The molecule has 1 fully saturated rings. The molecule has 2 aromatic rings. The number of carbonyl (C=O) groups excluding carboxylic acids is 1. The summed E-state index contributed by atoms with van der Waals surface area (Å²) in [7, 11) is 0. The van der Waals surface area contributed by atoms with E-state index < -0.39 is 0 Å². The number of amides is 1. The van der Waals surface area contributed by atoms with Crippen LogP contribution in [0.15, 0.2) is 55.4 Å². The highest BCUT2D eigenvalue weighted by atomic mass is 16.2. The van der Waals surface area contributed by atoms with E-state index in [2.05, 4.69) is 28.3 Å². The molecular weight excluding hydrogens is 286 g/mol. The lowest BCUT2D eigenvalue weighted by molar-refractivity contribution is -0.138. The summed E-state index contributed by atoms with van der Waals surface area (Å²) in [6.07, 6.45) is 8.78. The van der Waals surface area contributed by atoms with Crippen LogP contribution in [0.1, 0.15) is 30.7 Å². The van der Waals surface area contributed by atoms with E-state index in [1.807, 2.05) is 29.3 Å². The van der Waals surface area contributed by atoms with Gasteiger partial charge in [-0.2, -0.15) is 0 Å². The Labute approximate surface area is 137 Å². The Morgan fingerprint density at radius 2 is 2.13 bits per heavy atom. The van der Waals surface area contributed by atoms with Gasteiger partial charge in [-0.25, -0.2) is 4.98 Å². The molecule has 0 aliphatic heterocycles. The second-order valence-electron chi connectivity index (χ2n) is 6.09. The van der Waals surface area contributed by atoms with Crippen molar-refractivity contribution in [2.45, 2.75) is 32.4 Å². The van der Waals surface area contributed by atoms with Crippen LogP contribution in [-0.2, 0) is 17.9 Å².